The van der Waals surface area contributed by atoms with Crippen LogP contribution in [0.1, 0.15) is 38.7 Å². The maximum absolute atomic E-state index is 13.2. The topological polar surface area (TPSA) is 59.0 Å². The number of methoxy groups -OCH3 is 2. The lowest BCUT2D eigenvalue weighted by molar-refractivity contribution is -0.134. The largest absolute Gasteiger partial charge is 0.393 e. The molecular weight excluding hydrogens is 318 g/mol. The Morgan fingerprint density at radius 3 is 2.32 bits per heavy atom. The maximum atomic E-state index is 13.2. The molecule has 1 aromatic rings. The summed E-state index contributed by atoms with van der Waals surface area (Å²) in [5.41, 5.74) is 0.411. The predicted octanol–water partition coefficient (Wildman–Crippen LogP) is 2.57. The third kappa shape index (κ3) is 4.05. The van der Waals surface area contributed by atoms with Gasteiger partial charge in [0.25, 0.3) is 0 Å². The Kier molecular flexibility index (Phi) is 6.99. The highest BCUT2D eigenvalue weighted by Gasteiger charge is 2.64. The molecule has 5 heteroatoms. The van der Waals surface area contributed by atoms with Gasteiger partial charge in [0.15, 0.2) is 6.29 Å². The second kappa shape index (κ2) is 8.79. The summed E-state index contributed by atoms with van der Waals surface area (Å²) in [5.74, 6) is 0.0696. The van der Waals surface area contributed by atoms with Gasteiger partial charge in [-0.15, -0.1) is 0 Å². The van der Waals surface area contributed by atoms with Gasteiger partial charge in [0.05, 0.1) is 11.5 Å². The molecule has 3 atom stereocenters. The Balaban J connectivity index is 2.18. The van der Waals surface area contributed by atoms with Gasteiger partial charge in [0, 0.05) is 39.6 Å². The zero-order valence-corrected chi connectivity index (χ0v) is 15.8. The zero-order chi connectivity index (χ0) is 18.4. The van der Waals surface area contributed by atoms with Gasteiger partial charge in [-0.2, -0.15) is 0 Å². The lowest BCUT2D eigenvalue weighted by atomic mass is 9.89. The van der Waals surface area contributed by atoms with Gasteiger partial charge in [-0.25, -0.2) is 0 Å². The molecule has 25 heavy (non-hydrogen) atoms. The molecule has 0 bridgehead atoms. The van der Waals surface area contributed by atoms with Crippen LogP contribution in [0.3, 0.4) is 0 Å². The Hall–Kier alpha value is -1.43. The van der Waals surface area contributed by atoms with Crippen molar-refractivity contribution in [3.05, 3.63) is 35.9 Å². The zero-order valence-electron chi connectivity index (χ0n) is 15.8. The van der Waals surface area contributed by atoms with Crippen molar-refractivity contribution in [3.63, 3.8) is 0 Å². The number of nitrogens with zero attached hydrogens (tertiary/aromatic N) is 1. The standard InChI is InChI=1S/C20H31NO4/c1-5-21(6-2)19(23)20(15-10-8-7-9-11-15)14-16(20)17(22)12-13-18(24-3)25-4/h7-11,16-18,22H,5-6,12-14H2,1-4H3/t16-,17-,20+/m0/s1. The number of amides is 1. The molecule has 0 spiro atoms. The summed E-state index contributed by atoms with van der Waals surface area (Å²) in [4.78, 5) is 15.1. The first-order valence-electron chi connectivity index (χ1n) is 9.13. The molecule has 0 radical (unpaired) electrons. The van der Waals surface area contributed by atoms with Crippen LogP contribution in [0.2, 0.25) is 0 Å². The number of benzene rings is 1. The summed E-state index contributed by atoms with van der Waals surface area (Å²) in [5, 5.41) is 10.7. The second-order valence-electron chi connectivity index (χ2n) is 6.67. The minimum atomic E-state index is -0.595. The van der Waals surface area contributed by atoms with Crippen molar-refractivity contribution < 1.29 is 19.4 Å². The number of carbonyl (C=O) groups is 1. The van der Waals surface area contributed by atoms with Crippen LogP contribution in [0.5, 0.6) is 0 Å². The fourth-order valence-electron chi connectivity index (χ4n) is 3.82. The van der Waals surface area contributed by atoms with Gasteiger partial charge in [-0.3, -0.25) is 4.79 Å². The normalized spacial score (nSPS) is 23.5. The molecule has 0 saturated heterocycles. The lowest BCUT2D eigenvalue weighted by Gasteiger charge is -2.27. The number of aliphatic hydroxyl groups is 1. The molecule has 0 aliphatic heterocycles. The van der Waals surface area contributed by atoms with Crippen LogP contribution in [0.25, 0.3) is 0 Å². The number of rotatable bonds is 10. The molecule has 0 aromatic heterocycles. The quantitative estimate of drug-likeness (QED) is 0.660. The van der Waals surface area contributed by atoms with Crippen molar-refractivity contribution in [2.45, 2.75) is 50.9 Å². The van der Waals surface area contributed by atoms with Crippen LogP contribution >= 0.6 is 0 Å². The summed E-state index contributed by atoms with van der Waals surface area (Å²) in [7, 11) is 3.19. The van der Waals surface area contributed by atoms with E-state index >= 15 is 0 Å². The van der Waals surface area contributed by atoms with E-state index in [-0.39, 0.29) is 18.1 Å². The van der Waals surface area contributed by atoms with E-state index in [1.807, 2.05) is 49.1 Å². The van der Waals surface area contributed by atoms with Crippen LogP contribution in [-0.4, -0.2) is 55.6 Å². The molecule has 1 aliphatic rings. The van der Waals surface area contributed by atoms with Crippen LogP contribution in [0, 0.1) is 5.92 Å². The SMILES string of the molecule is CCN(CC)C(=O)[C@@]1(c2ccccc2)C[C@H]1[C@@H](O)CCC(OC)OC. The number of carbonyl (C=O) groups excluding carboxylic acids is 1. The molecule has 5 nitrogen and oxygen atoms in total. The Morgan fingerprint density at radius 1 is 1.20 bits per heavy atom. The Bertz CT molecular complexity index is 542. The van der Waals surface area contributed by atoms with Crippen molar-refractivity contribution in [3.8, 4) is 0 Å². The van der Waals surface area contributed by atoms with Crippen molar-refractivity contribution in [1.29, 1.82) is 0 Å². The number of hydrogen-bond acceptors (Lipinski definition) is 4. The maximum Gasteiger partial charge on any atom is 0.233 e. The molecule has 1 aliphatic carbocycles. The molecule has 1 aromatic carbocycles. The minimum absolute atomic E-state index is 0.0580. The van der Waals surface area contributed by atoms with Crippen molar-refractivity contribution >= 4 is 5.91 Å². The van der Waals surface area contributed by atoms with Gasteiger partial charge in [-0.1, -0.05) is 30.3 Å². The average molecular weight is 349 g/mol. The van der Waals surface area contributed by atoms with E-state index in [4.69, 9.17) is 9.47 Å². The minimum Gasteiger partial charge on any atom is -0.393 e. The summed E-state index contributed by atoms with van der Waals surface area (Å²) in [6.45, 7) is 5.36. The highest BCUT2D eigenvalue weighted by molar-refractivity contribution is 5.92. The molecule has 1 N–H and O–H groups in total. The van der Waals surface area contributed by atoms with Crippen molar-refractivity contribution in [1.82, 2.24) is 4.90 Å². The van der Waals surface area contributed by atoms with Crippen LogP contribution in [-0.2, 0) is 19.7 Å². The predicted molar refractivity (Wildman–Crippen MR) is 97.2 cm³/mol. The van der Waals surface area contributed by atoms with Crippen molar-refractivity contribution in [2.75, 3.05) is 27.3 Å². The van der Waals surface area contributed by atoms with Crippen LogP contribution < -0.4 is 0 Å². The first-order chi connectivity index (χ1) is 12.0. The molecule has 1 saturated carbocycles. The van der Waals surface area contributed by atoms with E-state index < -0.39 is 11.5 Å². The third-order valence-corrected chi connectivity index (χ3v) is 5.42. The average Bonchev–Trinajstić information content (AvgIpc) is 3.41. The first kappa shape index (κ1) is 19.9. The van der Waals surface area contributed by atoms with E-state index in [0.29, 0.717) is 32.4 Å². The molecular formula is C20H31NO4. The van der Waals surface area contributed by atoms with E-state index in [9.17, 15) is 9.90 Å². The van der Waals surface area contributed by atoms with Gasteiger partial charge < -0.3 is 19.5 Å². The second-order valence-corrected chi connectivity index (χ2v) is 6.67. The fourth-order valence-corrected chi connectivity index (χ4v) is 3.82. The summed E-state index contributed by atoms with van der Waals surface area (Å²) in [6.07, 6.45) is 0.982. The van der Waals surface area contributed by atoms with Crippen molar-refractivity contribution in [2.24, 2.45) is 5.92 Å². The molecule has 1 amide bonds. The molecule has 2 rings (SSSR count). The summed E-state index contributed by atoms with van der Waals surface area (Å²) < 4.78 is 10.4. The highest BCUT2D eigenvalue weighted by atomic mass is 16.7. The van der Waals surface area contributed by atoms with E-state index in [1.54, 1.807) is 14.2 Å². The number of hydrogen-bond donors (Lipinski definition) is 1. The Morgan fingerprint density at radius 2 is 1.80 bits per heavy atom. The van der Waals surface area contributed by atoms with Gasteiger partial charge in [0.1, 0.15) is 0 Å². The van der Waals surface area contributed by atoms with E-state index in [0.717, 1.165) is 5.56 Å². The number of likely N-dealkylation sites (N-methyl/N-ethyl adjacent to an activating group) is 1. The Labute approximate surface area is 150 Å². The molecule has 0 unspecified atom stereocenters. The van der Waals surface area contributed by atoms with E-state index in [1.165, 1.54) is 0 Å². The molecule has 0 heterocycles. The highest BCUT2D eigenvalue weighted by Crippen LogP contribution is 2.57. The van der Waals surface area contributed by atoms with Gasteiger partial charge in [0.2, 0.25) is 5.91 Å². The fraction of sp³-hybridized carbons (Fsp3) is 0.650. The molecule has 1 fully saturated rings. The molecule has 140 valence electrons. The number of aliphatic hydroxyl groups excluding tert-OH is 1. The smallest absolute Gasteiger partial charge is 0.233 e. The van der Waals surface area contributed by atoms with E-state index in [2.05, 4.69) is 0 Å². The number of ether oxygens (including phenoxy) is 2. The summed E-state index contributed by atoms with van der Waals surface area (Å²) >= 11 is 0. The lowest BCUT2D eigenvalue weighted by Crippen LogP contribution is -2.41. The first-order valence-corrected chi connectivity index (χ1v) is 9.13. The third-order valence-electron chi connectivity index (χ3n) is 5.42. The van der Waals surface area contributed by atoms with Gasteiger partial charge >= 0.3 is 0 Å². The van der Waals surface area contributed by atoms with Crippen LogP contribution in [0.15, 0.2) is 30.3 Å². The van der Waals surface area contributed by atoms with Gasteiger partial charge in [-0.05, 0) is 32.3 Å². The monoisotopic (exact) mass is 349 g/mol. The summed E-state index contributed by atoms with van der Waals surface area (Å²) in [6, 6.07) is 9.87. The van der Waals surface area contributed by atoms with Crippen LogP contribution in [0.4, 0.5) is 0 Å².